The Morgan fingerprint density at radius 1 is 0.509 bits per heavy atom. The van der Waals surface area contributed by atoms with Crippen molar-refractivity contribution in [2.24, 2.45) is 35.5 Å². The number of benzene rings is 6. The lowest BCUT2D eigenvalue weighted by atomic mass is 9.53. The minimum Gasteiger partial charge on any atom is -0.309 e. The molecular formula is C54H46N2S. The molecule has 13 rings (SSSR count). The standard InChI is InChI=1S/C54H46N2S/c1-3-13-38(14-4-1)55-47-20-9-7-17-41(47)43-24-22-33(31-49(43)55)36-29-37-28-35-12-11-19-45-51(35)52(37)46(30-36)53-40(26-27-57-54(45)53)34-23-25-44-42-18-8-10-21-48(42)56(50(44)32-34)39-15-5-2-6-16-39/h1-10,13-18,20-27,31-32,35-37,45-46,51-52,54H,11-12,19,28-30H2. The number of hydrogen-bond donors (Lipinski definition) is 0. The first-order valence-electron chi connectivity index (χ1n) is 21.5. The smallest absolute Gasteiger partial charge is 0.0547 e. The summed E-state index contributed by atoms with van der Waals surface area (Å²) in [5.41, 5.74) is 14.0. The van der Waals surface area contributed by atoms with Gasteiger partial charge in [0, 0.05) is 38.2 Å². The normalized spacial score (nSPS) is 27.7. The molecule has 6 aromatic carbocycles. The van der Waals surface area contributed by atoms with Gasteiger partial charge in [-0.15, -0.1) is 11.8 Å². The molecule has 4 saturated carbocycles. The van der Waals surface area contributed by atoms with E-state index in [1.807, 2.05) is 0 Å². The molecule has 4 fully saturated rings. The van der Waals surface area contributed by atoms with Crippen molar-refractivity contribution in [3.05, 3.63) is 174 Å². The summed E-state index contributed by atoms with van der Waals surface area (Å²) in [6, 6.07) is 54.9. The molecule has 57 heavy (non-hydrogen) atoms. The Bertz CT molecular complexity index is 2950. The van der Waals surface area contributed by atoms with Crippen LogP contribution in [0.15, 0.2) is 163 Å². The summed E-state index contributed by atoms with van der Waals surface area (Å²) in [4.78, 5) is 0. The summed E-state index contributed by atoms with van der Waals surface area (Å²) in [6.45, 7) is 0. The van der Waals surface area contributed by atoms with Crippen molar-refractivity contribution in [2.45, 2.75) is 49.7 Å². The Morgan fingerprint density at radius 3 is 1.86 bits per heavy atom. The molecule has 1 aliphatic heterocycles. The largest absolute Gasteiger partial charge is 0.309 e. The van der Waals surface area contributed by atoms with Crippen LogP contribution >= 0.6 is 11.8 Å². The van der Waals surface area contributed by atoms with Crippen LogP contribution in [-0.2, 0) is 0 Å². The molecule has 0 radical (unpaired) electrons. The Balaban J connectivity index is 0.980. The SMILES string of the molecule is C1=CC(c2ccc3c4ccccc4n(-c4ccccc4)c3c2)=C2C3CC(c4ccc5c6ccccc6n(-c6ccccc6)c5c4)CC4CC5CCCC(C2S1)C5C43. The van der Waals surface area contributed by atoms with Crippen LogP contribution in [0.3, 0.4) is 0 Å². The Labute approximate surface area is 338 Å². The lowest BCUT2D eigenvalue weighted by Crippen LogP contribution is -2.48. The molecule has 2 aromatic heterocycles. The van der Waals surface area contributed by atoms with Crippen LogP contribution in [-0.4, -0.2) is 14.4 Å². The van der Waals surface area contributed by atoms with E-state index in [4.69, 9.17) is 0 Å². The van der Waals surface area contributed by atoms with Gasteiger partial charge in [0.2, 0.25) is 0 Å². The van der Waals surface area contributed by atoms with E-state index in [0.717, 1.165) is 29.6 Å². The monoisotopic (exact) mass is 754 g/mol. The second-order valence-electron chi connectivity index (χ2n) is 17.9. The van der Waals surface area contributed by atoms with Crippen LogP contribution < -0.4 is 0 Å². The summed E-state index contributed by atoms with van der Waals surface area (Å²) >= 11 is 2.17. The summed E-state index contributed by atoms with van der Waals surface area (Å²) in [5.74, 6) is 5.45. The van der Waals surface area contributed by atoms with Gasteiger partial charge in [0.15, 0.2) is 0 Å². The van der Waals surface area contributed by atoms with E-state index in [9.17, 15) is 0 Å². The highest BCUT2D eigenvalue weighted by Crippen LogP contribution is 2.68. The topological polar surface area (TPSA) is 9.86 Å². The molecule has 3 heterocycles. The van der Waals surface area contributed by atoms with Gasteiger partial charge < -0.3 is 9.13 Å². The predicted octanol–water partition coefficient (Wildman–Crippen LogP) is 14.1. The Hall–Kier alpha value is -5.25. The molecule has 8 unspecified atom stereocenters. The van der Waals surface area contributed by atoms with Crippen LogP contribution in [0.4, 0.5) is 0 Å². The lowest BCUT2D eigenvalue weighted by molar-refractivity contribution is 0.0523. The van der Waals surface area contributed by atoms with Crippen molar-refractivity contribution >= 4 is 60.9 Å². The fraction of sp³-hybridized carbons (Fsp3) is 0.259. The van der Waals surface area contributed by atoms with Crippen LogP contribution in [0.5, 0.6) is 0 Å². The van der Waals surface area contributed by atoms with E-state index in [-0.39, 0.29) is 0 Å². The summed E-state index contributed by atoms with van der Waals surface area (Å²) in [5, 5.41) is 8.45. The molecule has 0 spiro atoms. The maximum absolute atomic E-state index is 2.60. The molecule has 2 nitrogen and oxygen atoms in total. The minimum absolute atomic E-state index is 0.563. The zero-order valence-electron chi connectivity index (χ0n) is 32.2. The molecule has 4 aliphatic carbocycles. The third kappa shape index (κ3) is 4.79. The van der Waals surface area contributed by atoms with Crippen molar-refractivity contribution < 1.29 is 0 Å². The average Bonchev–Trinajstić information content (AvgIpc) is 3.93. The molecule has 8 aromatic rings. The zero-order valence-corrected chi connectivity index (χ0v) is 33.0. The van der Waals surface area contributed by atoms with Crippen LogP contribution in [0.2, 0.25) is 0 Å². The quantitative estimate of drug-likeness (QED) is 0.174. The van der Waals surface area contributed by atoms with E-state index >= 15 is 0 Å². The van der Waals surface area contributed by atoms with Gasteiger partial charge in [-0.25, -0.2) is 0 Å². The minimum atomic E-state index is 0.563. The number of hydrogen-bond acceptors (Lipinski definition) is 1. The van der Waals surface area contributed by atoms with Gasteiger partial charge in [-0.05, 0) is 149 Å². The molecule has 0 bridgehead atoms. The Morgan fingerprint density at radius 2 is 1.14 bits per heavy atom. The second kappa shape index (κ2) is 12.6. The fourth-order valence-electron chi connectivity index (χ4n) is 13.4. The molecule has 278 valence electrons. The first-order chi connectivity index (χ1) is 28.3. The third-order valence-corrected chi connectivity index (χ3v) is 16.6. The molecule has 5 aliphatic rings. The second-order valence-corrected chi connectivity index (χ2v) is 18.9. The van der Waals surface area contributed by atoms with Crippen LogP contribution in [0, 0.1) is 35.5 Å². The van der Waals surface area contributed by atoms with E-state index in [2.05, 4.69) is 178 Å². The average molecular weight is 755 g/mol. The zero-order chi connectivity index (χ0) is 37.2. The summed E-state index contributed by atoms with van der Waals surface area (Å²) < 4.78 is 5.01. The molecule has 0 amide bonds. The van der Waals surface area contributed by atoms with E-state index in [1.54, 1.807) is 11.1 Å². The third-order valence-electron chi connectivity index (χ3n) is 15.4. The van der Waals surface area contributed by atoms with Crippen molar-refractivity contribution in [1.82, 2.24) is 9.13 Å². The summed E-state index contributed by atoms with van der Waals surface area (Å²) in [7, 11) is 0. The fourth-order valence-corrected chi connectivity index (χ4v) is 14.8. The number of fused-ring (bicyclic) bond motifs is 9. The molecule has 0 N–H and O–H groups in total. The highest BCUT2D eigenvalue weighted by atomic mass is 32.2. The highest BCUT2D eigenvalue weighted by molar-refractivity contribution is 8.03. The number of nitrogens with zero attached hydrogens (tertiary/aromatic N) is 2. The van der Waals surface area contributed by atoms with Crippen molar-refractivity contribution in [2.75, 3.05) is 0 Å². The molecular weight excluding hydrogens is 709 g/mol. The van der Waals surface area contributed by atoms with Crippen molar-refractivity contribution in [1.29, 1.82) is 0 Å². The van der Waals surface area contributed by atoms with Gasteiger partial charge >= 0.3 is 0 Å². The number of thioether (sulfide) groups is 1. The Kier molecular flexibility index (Phi) is 7.26. The number of rotatable bonds is 4. The van der Waals surface area contributed by atoms with Gasteiger partial charge in [0.1, 0.15) is 0 Å². The van der Waals surface area contributed by atoms with E-state index < -0.39 is 0 Å². The van der Waals surface area contributed by atoms with Crippen molar-refractivity contribution in [3.8, 4) is 11.4 Å². The molecule has 8 atom stereocenters. The van der Waals surface area contributed by atoms with E-state index in [0.29, 0.717) is 17.1 Å². The first kappa shape index (κ1) is 32.8. The van der Waals surface area contributed by atoms with Gasteiger partial charge in [-0.3, -0.25) is 0 Å². The van der Waals surface area contributed by atoms with Gasteiger partial charge in [-0.1, -0.05) is 110 Å². The van der Waals surface area contributed by atoms with Gasteiger partial charge in [0.25, 0.3) is 0 Å². The maximum Gasteiger partial charge on any atom is 0.0547 e. The van der Waals surface area contributed by atoms with Crippen molar-refractivity contribution in [3.63, 3.8) is 0 Å². The predicted molar refractivity (Wildman–Crippen MR) is 240 cm³/mol. The number of aromatic nitrogens is 2. The summed E-state index contributed by atoms with van der Waals surface area (Å²) in [6.07, 6.45) is 10.8. The lowest BCUT2D eigenvalue weighted by Gasteiger charge is -2.55. The van der Waals surface area contributed by atoms with Crippen LogP contribution in [0.1, 0.15) is 55.6 Å². The van der Waals surface area contributed by atoms with Crippen LogP contribution in [0.25, 0.3) is 60.6 Å². The van der Waals surface area contributed by atoms with Gasteiger partial charge in [-0.2, -0.15) is 0 Å². The molecule has 0 saturated heterocycles. The van der Waals surface area contributed by atoms with Gasteiger partial charge in [0.05, 0.1) is 22.1 Å². The highest BCUT2D eigenvalue weighted by Gasteiger charge is 2.60. The number of allylic oxidation sites excluding steroid dienone is 2. The number of para-hydroxylation sites is 4. The van der Waals surface area contributed by atoms with E-state index in [1.165, 1.54) is 105 Å². The maximum atomic E-state index is 2.60. The molecule has 3 heteroatoms. The first-order valence-corrected chi connectivity index (χ1v) is 22.5.